The Morgan fingerprint density at radius 1 is 0.667 bits per heavy atom. The van der Waals surface area contributed by atoms with Crippen LogP contribution in [0.15, 0.2) is 84.9 Å². The Balaban J connectivity index is 1.74. The molecule has 3 aromatic carbocycles. The van der Waals surface area contributed by atoms with E-state index in [0.29, 0.717) is 5.56 Å². The zero-order valence-electron chi connectivity index (χ0n) is 14.6. The molecule has 0 aliphatic carbocycles. The van der Waals surface area contributed by atoms with Crippen LogP contribution in [0, 0.1) is 11.3 Å². The van der Waals surface area contributed by atoms with Crippen LogP contribution in [0.1, 0.15) is 28.4 Å². The van der Waals surface area contributed by atoms with Crippen molar-refractivity contribution >= 4 is 21.8 Å². The minimum absolute atomic E-state index is 0.00176. The quantitative estimate of drug-likeness (QED) is 0.432. The van der Waals surface area contributed by atoms with Crippen LogP contribution in [0.25, 0.3) is 21.8 Å². The number of aromatic nitrogens is 2. The Kier molecular flexibility index (Phi) is 3.55. The van der Waals surface area contributed by atoms with Gasteiger partial charge in [-0.2, -0.15) is 5.26 Å². The van der Waals surface area contributed by atoms with Crippen LogP contribution in [0.3, 0.4) is 0 Å². The second-order valence-electron chi connectivity index (χ2n) is 6.79. The molecule has 0 saturated carbocycles. The van der Waals surface area contributed by atoms with Crippen molar-refractivity contribution in [3.8, 4) is 6.07 Å². The number of nitrogens with one attached hydrogen (secondary N) is 2. The largest absolute Gasteiger partial charge is 0.358 e. The smallest absolute Gasteiger partial charge is 0.0991 e. The number of nitriles is 1. The van der Waals surface area contributed by atoms with E-state index in [2.05, 4.69) is 58.5 Å². The molecular formula is C24H17N3. The summed E-state index contributed by atoms with van der Waals surface area (Å²) in [5, 5.41) is 11.7. The van der Waals surface area contributed by atoms with Crippen molar-refractivity contribution in [1.82, 2.24) is 9.97 Å². The maximum atomic E-state index is 9.35. The number of aromatic amines is 2. The standard InChI is InChI=1S/C24H17N3/c25-15-16-6-5-9-19(12-16)24(22-13-17-7-1-3-10-20(17)26-22)23-14-18-8-2-4-11-21(18)27-23/h1-14,24,26-27H. The topological polar surface area (TPSA) is 55.4 Å². The minimum atomic E-state index is -0.00176. The molecule has 5 aromatic rings. The summed E-state index contributed by atoms with van der Waals surface area (Å²) in [6.07, 6.45) is 0. The fraction of sp³-hybridized carbons (Fsp3) is 0.0417. The maximum Gasteiger partial charge on any atom is 0.0991 e. The number of hydrogen-bond acceptors (Lipinski definition) is 1. The highest BCUT2D eigenvalue weighted by Crippen LogP contribution is 2.34. The zero-order chi connectivity index (χ0) is 18.2. The molecular weight excluding hydrogens is 330 g/mol. The van der Waals surface area contributed by atoms with Crippen molar-refractivity contribution in [3.05, 3.63) is 107 Å². The van der Waals surface area contributed by atoms with Gasteiger partial charge in [-0.1, -0.05) is 48.5 Å². The fourth-order valence-electron chi connectivity index (χ4n) is 3.82. The summed E-state index contributed by atoms with van der Waals surface area (Å²) in [5.41, 5.74) is 6.21. The molecule has 0 bridgehead atoms. The first-order valence-electron chi connectivity index (χ1n) is 8.97. The van der Waals surface area contributed by atoms with Crippen molar-refractivity contribution in [3.63, 3.8) is 0 Å². The molecule has 0 amide bonds. The Morgan fingerprint density at radius 3 is 1.81 bits per heavy atom. The van der Waals surface area contributed by atoms with Crippen LogP contribution in [-0.4, -0.2) is 9.97 Å². The van der Waals surface area contributed by atoms with Crippen LogP contribution in [0.4, 0.5) is 0 Å². The first-order valence-corrected chi connectivity index (χ1v) is 8.97. The molecule has 2 N–H and O–H groups in total. The van der Waals surface area contributed by atoms with E-state index in [-0.39, 0.29) is 5.92 Å². The van der Waals surface area contributed by atoms with Crippen molar-refractivity contribution in [1.29, 1.82) is 5.26 Å². The van der Waals surface area contributed by atoms with E-state index in [1.165, 1.54) is 10.8 Å². The van der Waals surface area contributed by atoms with Gasteiger partial charge in [0, 0.05) is 22.4 Å². The summed E-state index contributed by atoms with van der Waals surface area (Å²) in [4.78, 5) is 7.14. The number of benzene rings is 3. The predicted molar refractivity (Wildman–Crippen MR) is 109 cm³/mol. The molecule has 0 saturated heterocycles. The first kappa shape index (κ1) is 15.5. The zero-order valence-corrected chi connectivity index (χ0v) is 14.6. The number of para-hydroxylation sites is 2. The Bertz CT molecular complexity index is 1160. The number of nitrogens with zero attached hydrogens (tertiary/aromatic N) is 1. The first-order chi connectivity index (χ1) is 13.3. The summed E-state index contributed by atoms with van der Waals surface area (Å²) in [5.74, 6) is -0.00176. The van der Waals surface area contributed by atoms with E-state index in [1.54, 1.807) is 0 Å². The van der Waals surface area contributed by atoms with Gasteiger partial charge in [0.05, 0.1) is 17.6 Å². The average Bonchev–Trinajstić information content (AvgIpc) is 3.32. The van der Waals surface area contributed by atoms with Gasteiger partial charge in [0.25, 0.3) is 0 Å². The molecule has 0 radical (unpaired) electrons. The fourth-order valence-corrected chi connectivity index (χ4v) is 3.82. The maximum absolute atomic E-state index is 9.35. The number of fused-ring (bicyclic) bond motifs is 2. The molecule has 27 heavy (non-hydrogen) atoms. The van der Waals surface area contributed by atoms with E-state index in [9.17, 15) is 5.26 Å². The van der Waals surface area contributed by atoms with E-state index in [4.69, 9.17) is 0 Å². The molecule has 0 aliphatic rings. The monoisotopic (exact) mass is 347 g/mol. The molecule has 2 aromatic heterocycles. The second-order valence-corrected chi connectivity index (χ2v) is 6.79. The molecule has 0 unspecified atom stereocenters. The summed E-state index contributed by atoms with van der Waals surface area (Å²) >= 11 is 0. The summed E-state index contributed by atoms with van der Waals surface area (Å²) in [6.45, 7) is 0. The molecule has 3 nitrogen and oxygen atoms in total. The second kappa shape index (κ2) is 6.19. The number of hydrogen-bond donors (Lipinski definition) is 2. The van der Waals surface area contributed by atoms with Gasteiger partial charge >= 0.3 is 0 Å². The van der Waals surface area contributed by atoms with Crippen LogP contribution in [0.2, 0.25) is 0 Å². The lowest BCUT2D eigenvalue weighted by Crippen LogP contribution is -2.04. The van der Waals surface area contributed by atoms with Gasteiger partial charge in [0.15, 0.2) is 0 Å². The van der Waals surface area contributed by atoms with Gasteiger partial charge in [0.2, 0.25) is 0 Å². The Labute approximate surface area is 156 Å². The number of rotatable bonds is 3. The van der Waals surface area contributed by atoms with Gasteiger partial charge in [-0.25, -0.2) is 0 Å². The van der Waals surface area contributed by atoms with Crippen LogP contribution in [-0.2, 0) is 0 Å². The van der Waals surface area contributed by atoms with E-state index in [0.717, 1.165) is 28.0 Å². The van der Waals surface area contributed by atoms with Crippen LogP contribution < -0.4 is 0 Å². The lowest BCUT2D eigenvalue weighted by atomic mass is 9.91. The minimum Gasteiger partial charge on any atom is -0.358 e. The molecule has 0 spiro atoms. The number of H-pyrrole nitrogens is 2. The molecule has 2 heterocycles. The highest BCUT2D eigenvalue weighted by Gasteiger charge is 2.21. The molecule has 5 rings (SSSR count). The van der Waals surface area contributed by atoms with Gasteiger partial charge < -0.3 is 9.97 Å². The van der Waals surface area contributed by atoms with Crippen molar-refractivity contribution < 1.29 is 0 Å². The lowest BCUT2D eigenvalue weighted by molar-refractivity contribution is 0.906. The third-order valence-electron chi connectivity index (χ3n) is 5.07. The van der Waals surface area contributed by atoms with Crippen molar-refractivity contribution in [2.45, 2.75) is 5.92 Å². The molecule has 3 heteroatoms. The predicted octanol–water partition coefficient (Wildman–Crippen LogP) is 5.70. The Hall–Kier alpha value is -3.77. The summed E-state index contributed by atoms with van der Waals surface area (Å²) in [7, 11) is 0. The molecule has 0 aliphatic heterocycles. The summed E-state index contributed by atoms with van der Waals surface area (Å²) < 4.78 is 0. The van der Waals surface area contributed by atoms with E-state index in [1.807, 2.05) is 42.5 Å². The highest BCUT2D eigenvalue weighted by atomic mass is 14.8. The van der Waals surface area contributed by atoms with Gasteiger partial charge in [-0.3, -0.25) is 0 Å². The molecule has 0 atom stereocenters. The third-order valence-corrected chi connectivity index (χ3v) is 5.07. The lowest BCUT2D eigenvalue weighted by Gasteiger charge is -2.15. The van der Waals surface area contributed by atoms with E-state index >= 15 is 0 Å². The third kappa shape index (κ3) is 2.68. The SMILES string of the molecule is N#Cc1cccc(C(c2cc3ccccc3[nH]2)c2cc3ccccc3[nH]2)c1. The highest BCUT2D eigenvalue weighted by molar-refractivity contribution is 5.82. The van der Waals surface area contributed by atoms with Gasteiger partial charge in [-0.05, 0) is 52.7 Å². The van der Waals surface area contributed by atoms with Crippen LogP contribution >= 0.6 is 0 Å². The van der Waals surface area contributed by atoms with E-state index < -0.39 is 0 Å². The van der Waals surface area contributed by atoms with Gasteiger partial charge in [-0.15, -0.1) is 0 Å². The van der Waals surface area contributed by atoms with Crippen molar-refractivity contribution in [2.24, 2.45) is 0 Å². The normalized spacial score (nSPS) is 11.3. The molecule has 0 fully saturated rings. The molecule has 128 valence electrons. The van der Waals surface area contributed by atoms with Gasteiger partial charge in [0.1, 0.15) is 0 Å². The van der Waals surface area contributed by atoms with Crippen LogP contribution in [0.5, 0.6) is 0 Å². The van der Waals surface area contributed by atoms with Crippen molar-refractivity contribution in [2.75, 3.05) is 0 Å². The average molecular weight is 347 g/mol. The Morgan fingerprint density at radius 2 is 1.26 bits per heavy atom. The summed E-state index contributed by atoms with van der Waals surface area (Å²) in [6, 6.07) is 31.1.